The molecule has 3 aromatic rings. The molecular formula is C23H23FN2O3S. The third-order valence-corrected chi connectivity index (χ3v) is 6.19. The van der Waals surface area contributed by atoms with E-state index in [2.05, 4.69) is 5.10 Å². The molecule has 1 fully saturated rings. The number of aromatic nitrogens is 2. The molecule has 0 aliphatic heterocycles. The monoisotopic (exact) mass is 426 g/mol. The maximum Gasteiger partial charge on any atom is 0.275 e. The molecule has 1 N–H and O–H groups in total. The van der Waals surface area contributed by atoms with Crippen molar-refractivity contribution in [3.63, 3.8) is 0 Å². The Morgan fingerprint density at radius 3 is 2.27 bits per heavy atom. The van der Waals surface area contributed by atoms with Gasteiger partial charge in [-0.1, -0.05) is 55.7 Å². The summed E-state index contributed by atoms with van der Waals surface area (Å²) in [5.41, 5.74) is 3.13. The number of hydrogen-bond donors (Lipinski definition) is 1. The predicted molar refractivity (Wildman–Crippen MR) is 116 cm³/mol. The summed E-state index contributed by atoms with van der Waals surface area (Å²) in [6.45, 7) is 0. The van der Waals surface area contributed by atoms with E-state index in [1.807, 2.05) is 12.1 Å². The molecule has 1 unspecified atom stereocenters. The highest BCUT2D eigenvalue weighted by Crippen LogP contribution is 2.32. The maximum atomic E-state index is 13.5. The topological polar surface area (TPSA) is 72.2 Å². The van der Waals surface area contributed by atoms with Crippen LogP contribution < -0.4 is 5.56 Å². The van der Waals surface area contributed by atoms with Crippen molar-refractivity contribution in [3.05, 3.63) is 76.5 Å². The molecule has 0 radical (unpaired) electrons. The van der Waals surface area contributed by atoms with Gasteiger partial charge in [-0.3, -0.25) is 4.79 Å². The molecule has 1 aromatic heterocycles. The molecule has 1 atom stereocenters. The summed E-state index contributed by atoms with van der Waals surface area (Å²) in [6.07, 6.45) is 6.91. The van der Waals surface area contributed by atoms with Gasteiger partial charge >= 0.3 is 0 Å². The van der Waals surface area contributed by atoms with E-state index in [4.69, 9.17) is 4.55 Å². The van der Waals surface area contributed by atoms with Crippen LogP contribution in [-0.2, 0) is 16.8 Å². The lowest BCUT2D eigenvalue weighted by Crippen LogP contribution is -2.30. The smallest absolute Gasteiger partial charge is 0.275 e. The lowest BCUT2D eigenvalue weighted by Gasteiger charge is -2.24. The summed E-state index contributed by atoms with van der Waals surface area (Å²) in [6, 6.07) is 13.2. The van der Waals surface area contributed by atoms with Gasteiger partial charge in [0.25, 0.3) is 5.56 Å². The second kappa shape index (κ2) is 9.02. The standard InChI is InChI=1S/C23H23FN2O3S/c24-19-12-10-18(11-13-19)22-21(17-8-6-16(7-9-17)15-30(28)29)14-25-26(23(22)27)20-4-2-1-3-5-20/h6-14,20H,1-5,15H2,(H,28,29). The van der Waals surface area contributed by atoms with Crippen LogP contribution in [0.15, 0.2) is 59.5 Å². The van der Waals surface area contributed by atoms with Gasteiger partial charge in [0.2, 0.25) is 0 Å². The second-order valence-electron chi connectivity index (χ2n) is 7.64. The Morgan fingerprint density at radius 1 is 1.00 bits per heavy atom. The fourth-order valence-corrected chi connectivity index (χ4v) is 4.57. The van der Waals surface area contributed by atoms with Crippen molar-refractivity contribution in [1.29, 1.82) is 0 Å². The molecule has 0 bridgehead atoms. The number of hydrogen-bond acceptors (Lipinski definition) is 3. The highest BCUT2D eigenvalue weighted by atomic mass is 32.2. The average Bonchev–Trinajstić information content (AvgIpc) is 2.75. The van der Waals surface area contributed by atoms with Crippen molar-refractivity contribution in [2.75, 3.05) is 0 Å². The SMILES string of the molecule is O=c1c(-c2ccc(F)cc2)c(-c2ccc(CS(=O)O)cc2)cnn1C1CCCCC1. The minimum absolute atomic E-state index is 0.0482. The minimum Gasteiger partial charge on any atom is -0.306 e. The Balaban J connectivity index is 1.83. The van der Waals surface area contributed by atoms with Crippen LogP contribution in [0.4, 0.5) is 4.39 Å². The van der Waals surface area contributed by atoms with E-state index in [-0.39, 0.29) is 23.2 Å². The molecule has 2 aromatic carbocycles. The van der Waals surface area contributed by atoms with Gasteiger partial charge in [-0.05, 0) is 41.7 Å². The lowest BCUT2D eigenvalue weighted by molar-refractivity contribution is 0.319. The zero-order chi connectivity index (χ0) is 21.1. The van der Waals surface area contributed by atoms with Crippen LogP contribution in [0.2, 0.25) is 0 Å². The fourth-order valence-electron chi connectivity index (χ4n) is 4.09. The molecule has 1 saturated carbocycles. The number of rotatable bonds is 5. The van der Waals surface area contributed by atoms with Crippen molar-refractivity contribution in [2.45, 2.75) is 43.9 Å². The van der Waals surface area contributed by atoms with Gasteiger partial charge in [-0.2, -0.15) is 5.10 Å². The molecule has 156 valence electrons. The number of nitrogens with zero attached hydrogens (tertiary/aromatic N) is 2. The number of halogens is 1. The van der Waals surface area contributed by atoms with E-state index in [0.29, 0.717) is 16.7 Å². The molecule has 0 saturated heterocycles. The van der Waals surface area contributed by atoms with Gasteiger partial charge in [-0.15, -0.1) is 0 Å². The van der Waals surface area contributed by atoms with E-state index in [1.54, 1.807) is 35.1 Å². The van der Waals surface area contributed by atoms with E-state index in [9.17, 15) is 13.4 Å². The van der Waals surface area contributed by atoms with Crippen LogP contribution in [0.1, 0.15) is 43.7 Å². The normalized spacial score (nSPS) is 15.8. The molecule has 30 heavy (non-hydrogen) atoms. The van der Waals surface area contributed by atoms with Gasteiger partial charge in [-0.25, -0.2) is 13.3 Å². The van der Waals surface area contributed by atoms with Crippen molar-refractivity contribution in [2.24, 2.45) is 0 Å². The second-order valence-corrected chi connectivity index (χ2v) is 8.58. The summed E-state index contributed by atoms with van der Waals surface area (Å²) in [7, 11) is 0. The Morgan fingerprint density at radius 2 is 1.63 bits per heavy atom. The van der Waals surface area contributed by atoms with Gasteiger partial charge in [0.05, 0.1) is 23.6 Å². The van der Waals surface area contributed by atoms with Gasteiger partial charge in [0.1, 0.15) is 5.82 Å². The Kier molecular flexibility index (Phi) is 6.20. The Bertz CT molecular complexity index is 1100. The highest BCUT2D eigenvalue weighted by Gasteiger charge is 2.22. The van der Waals surface area contributed by atoms with Gasteiger partial charge in [0.15, 0.2) is 11.1 Å². The summed E-state index contributed by atoms with van der Waals surface area (Å²) in [4.78, 5) is 13.5. The molecule has 0 spiro atoms. The Hall–Kier alpha value is -2.64. The van der Waals surface area contributed by atoms with Crippen molar-refractivity contribution < 1.29 is 13.2 Å². The zero-order valence-corrected chi connectivity index (χ0v) is 17.3. The summed E-state index contributed by atoms with van der Waals surface area (Å²) in [5, 5.41) is 4.49. The van der Waals surface area contributed by atoms with Crippen molar-refractivity contribution in [1.82, 2.24) is 9.78 Å². The first-order valence-electron chi connectivity index (χ1n) is 10.1. The molecule has 5 nitrogen and oxygen atoms in total. The van der Waals surface area contributed by atoms with Crippen LogP contribution >= 0.6 is 0 Å². The number of benzene rings is 2. The van der Waals surface area contributed by atoms with Crippen LogP contribution in [0.3, 0.4) is 0 Å². The molecule has 1 heterocycles. The minimum atomic E-state index is -1.92. The molecule has 0 amide bonds. The van der Waals surface area contributed by atoms with Crippen LogP contribution in [-0.4, -0.2) is 18.5 Å². The van der Waals surface area contributed by atoms with E-state index in [0.717, 1.165) is 36.8 Å². The van der Waals surface area contributed by atoms with Crippen LogP contribution in [0, 0.1) is 5.82 Å². The van der Waals surface area contributed by atoms with Crippen molar-refractivity contribution >= 4 is 11.1 Å². The summed E-state index contributed by atoms with van der Waals surface area (Å²) < 4.78 is 35.2. The van der Waals surface area contributed by atoms with E-state index in [1.165, 1.54) is 18.6 Å². The molecule has 1 aliphatic rings. The first-order chi connectivity index (χ1) is 14.5. The van der Waals surface area contributed by atoms with Crippen LogP contribution in [0.25, 0.3) is 22.3 Å². The van der Waals surface area contributed by atoms with Gasteiger partial charge < -0.3 is 4.55 Å². The lowest BCUT2D eigenvalue weighted by atomic mass is 9.94. The molecule has 4 rings (SSSR count). The van der Waals surface area contributed by atoms with Crippen molar-refractivity contribution in [3.8, 4) is 22.3 Å². The van der Waals surface area contributed by atoms with E-state index >= 15 is 0 Å². The zero-order valence-electron chi connectivity index (χ0n) is 16.5. The first kappa shape index (κ1) is 20.6. The summed E-state index contributed by atoms with van der Waals surface area (Å²) in [5.74, 6) is -0.310. The Labute approximate surface area is 176 Å². The van der Waals surface area contributed by atoms with E-state index < -0.39 is 11.1 Å². The molecule has 7 heteroatoms. The largest absolute Gasteiger partial charge is 0.306 e. The fraction of sp³-hybridized carbons (Fsp3) is 0.304. The maximum absolute atomic E-state index is 13.5. The summed E-state index contributed by atoms with van der Waals surface area (Å²) >= 11 is -1.92. The van der Waals surface area contributed by atoms with Crippen LogP contribution in [0.5, 0.6) is 0 Å². The molecular weight excluding hydrogens is 403 g/mol. The van der Waals surface area contributed by atoms with Gasteiger partial charge in [0, 0.05) is 5.56 Å². The first-order valence-corrected chi connectivity index (χ1v) is 11.3. The average molecular weight is 427 g/mol. The molecule has 1 aliphatic carbocycles. The third-order valence-electron chi connectivity index (χ3n) is 5.61. The quantitative estimate of drug-likeness (QED) is 0.587. The predicted octanol–water partition coefficient (Wildman–Crippen LogP) is 4.94. The third kappa shape index (κ3) is 4.42. The highest BCUT2D eigenvalue weighted by molar-refractivity contribution is 7.78.